The lowest BCUT2D eigenvalue weighted by molar-refractivity contribution is 0.0697. The molecule has 2 aliphatic rings. The molecule has 108 valence electrons. The number of carbonyl (C=O) groups is 1. The first-order chi connectivity index (χ1) is 10.2. The van der Waals surface area contributed by atoms with Crippen molar-refractivity contribution in [2.24, 2.45) is 11.7 Å². The predicted molar refractivity (Wildman–Crippen MR) is 77.2 cm³/mol. The Labute approximate surface area is 121 Å². The summed E-state index contributed by atoms with van der Waals surface area (Å²) in [6, 6.07) is 7.14. The second-order valence-corrected chi connectivity index (χ2v) is 5.94. The smallest absolute Gasteiger partial charge is 0.273 e. The Bertz CT molecular complexity index is 733. The van der Waals surface area contributed by atoms with Crippen molar-refractivity contribution in [3.05, 3.63) is 42.0 Å². The second kappa shape index (κ2) is 4.49. The summed E-state index contributed by atoms with van der Waals surface area (Å²) in [5, 5.41) is 1.00. The number of fused-ring (bicyclic) bond motifs is 3. The molecule has 1 aromatic carbocycles. The van der Waals surface area contributed by atoms with Crippen molar-refractivity contribution in [2.75, 3.05) is 6.54 Å². The minimum atomic E-state index is -0.401. The molecule has 2 heterocycles. The summed E-state index contributed by atoms with van der Waals surface area (Å²) in [5.74, 6) is -0.138. The monoisotopic (exact) mass is 285 g/mol. The molecule has 5 heteroatoms. The summed E-state index contributed by atoms with van der Waals surface area (Å²) in [4.78, 5) is 18.7. The van der Waals surface area contributed by atoms with Crippen LogP contribution in [0.2, 0.25) is 0 Å². The molecule has 0 unspecified atom stereocenters. The van der Waals surface area contributed by atoms with E-state index in [9.17, 15) is 9.18 Å². The molecule has 1 saturated carbocycles. The molecular weight excluding hydrogens is 269 g/mol. The molecule has 2 bridgehead atoms. The van der Waals surface area contributed by atoms with Crippen LogP contribution in [0.25, 0.3) is 10.8 Å². The maximum Gasteiger partial charge on any atom is 0.273 e. The van der Waals surface area contributed by atoms with Gasteiger partial charge in [-0.15, -0.1) is 0 Å². The van der Waals surface area contributed by atoms with Gasteiger partial charge in [-0.3, -0.25) is 4.79 Å². The second-order valence-electron chi connectivity index (χ2n) is 5.94. The SMILES string of the molecule is N[C@@H]1[C@@H]2CC[C@H]1N(C(=O)c1ncc(F)c3ccccc13)C2. The van der Waals surface area contributed by atoms with E-state index in [2.05, 4.69) is 4.98 Å². The Hall–Kier alpha value is -2.01. The van der Waals surface area contributed by atoms with Gasteiger partial charge in [-0.2, -0.15) is 0 Å². The number of piperidine rings is 1. The van der Waals surface area contributed by atoms with Crippen LogP contribution in [0.5, 0.6) is 0 Å². The quantitative estimate of drug-likeness (QED) is 0.871. The molecule has 2 fully saturated rings. The van der Waals surface area contributed by atoms with E-state index >= 15 is 0 Å². The maximum absolute atomic E-state index is 13.8. The van der Waals surface area contributed by atoms with Gasteiger partial charge < -0.3 is 10.6 Å². The van der Waals surface area contributed by atoms with E-state index in [-0.39, 0.29) is 18.0 Å². The van der Waals surface area contributed by atoms with Gasteiger partial charge in [0.25, 0.3) is 5.91 Å². The highest BCUT2D eigenvalue weighted by molar-refractivity contribution is 6.05. The largest absolute Gasteiger partial charge is 0.332 e. The molecule has 4 nitrogen and oxygen atoms in total. The summed E-state index contributed by atoms with van der Waals surface area (Å²) >= 11 is 0. The van der Waals surface area contributed by atoms with Crippen molar-refractivity contribution in [3.8, 4) is 0 Å². The lowest BCUT2D eigenvalue weighted by Gasteiger charge is -2.27. The van der Waals surface area contributed by atoms with Gasteiger partial charge in [-0.1, -0.05) is 24.3 Å². The highest BCUT2D eigenvalue weighted by Gasteiger charge is 2.47. The number of hydrogen-bond donors (Lipinski definition) is 1. The van der Waals surface area contributed by atoms with Crippen molar-refractivity contribution in [3.63, 3.8) is 0 Å². The average Bonchev–Trinajstić information content (AvgIpc) is 3.03. The number of benzene rings is 1. The van der Waals surface area contributed by atoms with E-state index in [1.165, 1.54) is 0 Å². The van der Waals surface area contributed by atoms with Crippen LogP contribution in [0.3, 0.4) is 0 Å². The van der Waals surface area contributed by atoms with Crippen LogP contribution >= 0.6 is 0 Å². The van der Waals surface area contributed by atoms with Crippen molar-refractivity contribution in [2.45, 2.75) is 24.9 Å². The van der Waals surface area contributed by atoms with Crippen molar-refractivity contribution in [1.82, 2.24) is 9.88 Å². The van der Waals surface area contributed by atoms with Gasteiger partial charge in [0.15, 0.2) is 0 Å². The zero-order valence-electron chi connectivity index (χ0n) is 11.5. The van der Waals surface area contributed by atoms with E-state index in [1.807, 2.05) is 4.90 Å². The Morgan fingerprint density at radius 1 is 1.29 bits per heavy atom. The molecule has 1 amide bonds. The number of amides is 1. The van der Waals surface area contributed by atoms with Crippen LogP contribution in [0.1, 0.15) is 23.3 Å². The van der Waals surface area contributed by atoms with Crippen LogP contribution in [0, 0.1) is 11.7 Å². The Morgan fingerprint density at radius 3 is 2.71 bits per heavy atom. The van der Waals surface area contributed by atoms with Crippen LogP contribution < -0.4 is 5.73 Å². The Kier molecular flexibility index (Phi) is 2.72. The molecule has 1 aliphatic carbocycles. The number of hydrogen-bond acceptors (Lipinski definition) is 3. The third-order valence-corrected chi connectivity index (χ3v) is 4.86. The zero-order valence-corrected chi connectivity index (χ0v) is 11.5. The van der Waals surface area contributed by atoms with Crippen LogP contribution in [0.4, 0.5) is 4.39 Å². The number of pyridine rings is 1. The van der Waals surface area contributed by atoms with Gasteiger partial charge in [0, 0.05) is 29.4 Å². The van der Waals surface area contributed by atoms with E-state index in [0.717, 1.165) is 19.0 Å². The number of likely N-dealkylation sites (tertiary alicyclic amines) is 1. The molecule has 0 radical (unpaired) electrons. The highest BCUT2D eigenvalue weighted by Crippen LogP contribution is 2.37. The lowest BCUT2D eigenvalue weighted by Crippen LogP contribution is -2.41. The Balaban J connectivity index is 1.77. The van der Waals surface area contributed by atoms with Gasteiger partial charge in [0.2, 0.25) is 0 Å². The number of aromatic nitrogens is 1. The molecule has 3 atom stereocenters. The molecule has 1 aliphatic heterocycles. The molecule has 4 rings (SSSR count). The first-order valence-corrected chi connectivity index (χ1v) is 7.26. The van der Waals surface area contributed by atoms with Crippen molar-refractivity contribution in [1.29, 1.82) is 0 Å². The third-order valence-electron chi connectivity index (χ3n) is 4.86. The summed E-state index contributed by atoms with van der Waals surface area (Å²) in [7, 11) is 0. The van der Waals surface area contributed by atoms with Gasteiger partial charge in [-0.05, 0) is 18.8 Å². The zero-order chi connectivity index (χ0) is 14.6. The minimum absolute atomic E-state index is 0.0701. The standard InChI is InChI=1S/C16H16FN3O/c17-12-7-19-15(11-4-2-1-3-10(11)12)16(21)20-8-9-5-6-13(20)14(9)18/h1-4,7,9,13-14H,5-6,8,18H2/t9-,13-,14-/m1/s1. The number of nitrogens with zero attached hydrogens (tertiary/aromatic N) is 2. The summed E-state index contributed by atoms with van der Waals surface area (Å²) in [6.07, 6.45) is 3.17. The lowest BCUT2D eigenvalue weighted by atomic mass is 10.1. The topological polar surface area (TPSA) is 59.2 Å². The fraction of sp³-hybridized carbons (Fsp3) is 0.375. The molecule has 21 heavy (non-hydrogen) atoms. The summed E-state index contributed by atoms with van der Waals surface area (Å²) < 4.78 is 13.8. The van der Waals surface area contributed by atoms with E-state index in [4.69, 9.17) is 5.73 Å². The number of carbonyl (C=O) groups excluding carboxylic acids is 1. The molecule has 1 aromatic heterocycles. The average molecular weight is 285 g/mol. The normalized spacial score (nSPS) is 27.5. The predicted octanol–water partition coefficient (Wildman–Crippen LogP) is 1.94. The van der Waals surface area contributed by atoms with Gasteiger partial charge >= 0.3 is 0 Å². The molecule has 2 aromatic rings. The van der Waals surface area contributed by atoms with E-state index in [1.54, 1.807) is 24.3 Å². The van der Waals surface area contributed by atoms with Gasteiger partial charge in [-0.25, -0.2) is 9.37 Å². The van der Waals surface area contributed by atoms with Crippen LogP contribution in [-0.4, -0.2) is 34.4 Å². The van der Waals surface area contributed by atoms with E-state index in [0.29, 0.717) is 28.9 Å². The molecular formula is C16H16FN3O. The number of nitrogens with two attached hydrogens (primary N) is 1. The molecule has 2 N–H and O–H groups in total. The summed E-state index contributed by atoms with van der Waals surface area (Å²) in [6.45, 7) is 0.693. The third kappa shape index (κ3) is 1.77. The fourth-order valence-corrected chi connectivity index (χ4v) is 3.75. The fourth-order valence-electron chi connectivity index (χ4n) is 3.75. The maximum atomic E-state index is 13.8. The van der Waals surface area contributed by atoms with E-state index < -0.39 is 5.82 Å². The molecule has 0 spiro atoms. The van der Waals surface area contributed by atoms with Crippen molar-refractivity contribution < 1.29 is 9.18 Å². The molecule has 1 saturated heterocycles. The number of halogens is 1. The highest BCUT2D eigenvalue weighted by atomic mass is 19.1. The van der Waals surface area contributed by atoms with Crippen LogP contribution in [-0.2, 0) is 0 Å². The van der Waals surface area contributed by atoms with Gasteiger partial charge in [0.1, 0.15) is 11.5 Å². The Morgan fingerprint density at radius 2 is 2.05 bits per heavy atom. The van der Waals surface area contributed by atoms with Crippen LogP contribution in [0.15, 0.2) is 30.5 Å². The van der Waals surface area contributed by atoms with Gasteiger partial charge in [0.05, 0.1) is 6.20 Å². The number of rotatable bonds is 1. The summed E-state index contributed by atoms with van der Waals surface area (Å²) in [5.41, 5.74) is 6.48. The minimum Gasteiger partial charge on any atom is -0.332 e. The first kappa shape index (κ1) is 12.7. The first-order valence-electron chi connectivity index (χ1n) is 7.26. The van der Waals surface area contributed by atoms with Crippen molar-refractivity contribution >= 4 is 16.7 Å².